The molecule has 0 aliphatic heterocycles. The number of aliphatic hydroxyl groups excluding tert-OH is 1. The number of alkyl halides is 3. The van der Waals surface area contributed by atoms with Crippen molar-refractivity contribution in [1.82, 2.24) is 4.98 Å². The van der Waals surface area contributed by atoms with Gasteiger partial charge < -0.3 is 15.2 Å². The van der Waals surface area contributed by atoms with E-state index in [1.165, 1.54) is 0 Å². The van der Waals surface area contributed by atoms with Crippen LogP contribution in [0.5, 0.6) is 5.75 Å². The highest BCUT2D eigenvalue weighted by Crippen LogP contribution is 2.30. The van der Waals surface area contributed by atoms with Crippen molar-refractivity contribution >= 4 is 0 Å². The number of halogens is 3. The summed E-state index contributed by atoms with van der Waals surface area (Å²) < 4.78 is 35.8. The number of aliphatic hydroxyl groups is 1. The van der Waals surface area contributed by atoms with Gasteiger partial charge in [0, 0.05) is 12.3 Å². The average molecular weight is 209 g/mol. The zero-order valence-corrected chi connectivity index (χ0v) is 6.67. The minimum atomic E-state index is -4.85. The molecule has 78 valence electrons. The second-order valence-electron chi connectivity index (χ2n) is 2.58. The van der Waals surface area contributed by atoms with Crippen molar-refractivity contribution in [3.63, 3.8) is 0 Å². The molecule has 0 aliphatic carbocycles. The number of H-pyrrole nitrogens is 1. The maximum absolute atomic E-state index is 11.9. The molecule has 7 heteroatoms. The monoisotopic (exact) mass is 209 g/mol. The highest BCUT2D eigenvalue weighted by molar-refractivity contribution is 5.20. The van der Waals surface area contributed by atoms with E-state index in [0.29, 0.717) is 12.3 Å². The first-order valence-electron chi connectivity index (χ1n) is 3.48. The molecule has 0 amide bonds. The Balaban J connectivity index is 3.10. The van der Waals surface area contributed by atoms with Crippen LogP contribution in [0.15, 0.2) is 17.1 Å². The predicted octanol–water partition coefficient (Wildman–Crippen LogP) is 0.676. The summed E-state index contributed by atoms with van der Waals surface area (Å²) in [6, 6.07) is 0.494. The standard InChI is InChI=1S/C7H6F3NO3/c8-7(9,10)6(14)3-1-4(12)5(13)2-11-3/h1-2,6,13-14H,(H,11,12). The molecule has 0 aromatic carbocycles. The van der Waals surface area contributed by atoms with Gasteiger partial charge in [0.15, 0.2) is 11.9 Å². The van der Waals surface area contributed by atoms with E-state index in [1.807, 2.05) is 4.98 Å². The molecule has 1 rings (SSSR count). The number of pyridine rings is 1. The smallest absolute Gasteiger partial charge is 0.420 e. The fourth-order valence-corrected chi connectivity index (χ4v) is 0.814. The maximum atomic E-state index is 11.9. The second kappa shape index (κ2) is 3.33. The molecular weight excluding hydrogens is 203 g/mol. The number of aromatic nitrogens is 1. The molecule has 1 atom stereocenters. The van der Waals surface area contributed by atoms with Crippen LogP contribution in [0.3, 0.4) is 0 Å². The Kier molecular flexibility index (Phi) is 2.52. The van der Waals surface area contributed by atoms with Crippen molar-refractivity contribution in [2.24, 2.45) is 0 Å². The van der Waals surface area contributed by atoms with Gasteiger partial charge in [0.05, 0.1) is 5.69 Å². The largest absolute Gasteiger partial charge is 0.503 e. The average Bonchev–Trinajstić information content (AvgIpc) is 2.07. The summed E-state index contributed by atoms with van der Waals surface area (Å²) in [6.07, 6.45) is -6.91. The van der Waals surface area contributed by atoms with E-state index in [9.17, 15) is 18.0 Å². The minimum absolute atomic E-state index is 0.494. The van der Waals surface area contributed by atoms with Crippen LogP contribution in [0.1, 0.15) is 11.8 Å². The Morgan fingerprint density at radius 2 is 2.00 bits per heavy atom. The molecule has 0 radical (unpaired) electrons. The van der Waals surface area contributed by atoms with Gasteiger partial charge in [0.25, 0.3) is 0 Å². The molecule has 1 aromatic heterocycles. The van der Waals surface area contributed by atoms with Gasteiger partial charge in [-0.25, -0.2) is 0 Å². The molecule has 0 aliphatic rings. The number of hydrogen-bond donors (Lipinski definition) is 3. The topological polar surface area (TPSA) is 73.3 Å². The van der Waals surface area contributed by atoms with Crippen LogP contribution >= 0.6 is 0 Å². The van der Waals surface area contributed by atoms with Crippen LogP contribution < -0.4 is 5.43 Å². The van der Waals surface area contributed by atoms with Crippen LogP contribution in [0, 0.1) is 0 Å². The van der Waals surface area contributed by atoms with Crippen molar-refractivity contribution in [3.05, 3.63) is 28.2 Å². The zero-order chi connectivity index (χ0) is 10.9. The van der Waals surface area contributed by atoms with Gasteiger partial charge >= 0.3 is 6.18 Å². The number of nitrogens with one attached hydrogen (secondary N) is 1. The predicted molar refractivity (Wildman–Crippen MR) is 39.7 cm³/mol. The van der Waals surface area contributed by atoms with E-state index in [-0.39, 0.29) is 0 Å². The molecule has 4 nitrogen and oxygen atoms in total. The van der Waals surface area contributed by atoms with Gasteiger partial charge in [0.1, 0.15) is 0 Å². The molecule has 0 bridgehead atoms. The van der Waals surface area contributed by atoms with Crippen molar-refractivity contribution in [2.45, 2.75) is 12.3 Å². The van der Waals surface area contributed by atoms with E-state index < -0.39 is 29.2 Å². The normalized spacial score (nSPS) is 14.0. The second-order valence-corrected chi connectivity index (χ2v) is 2.58. The van der Waals surface area contributed by atoms with Crippen LogP contribution in [-0.4, -0.2) is 21.4 Å². The number of aromatic hydroxyl groups is 1. The highest BCUT2D eigenvalue weighted by Gasteiger charge is 2.40. The van der Waals surface area contributed by atoms with Gasteiger partial charge in [-0.15, -0.1) is 0 Å². The molecular formula is C7H6F3NO3. The summed E-state index contributed by atoms with van der Waals surface area (Å²) in [5, 5.41) is 17.4. The Labute approximate surface area is 75.6 Å². The minimum Gasteiger partial charge on any atom is -0.503 e. The first-order chi connectivity index (χ1) is 6.32. The first kappa shape index (κ1) is 10.6. The first-order valence-corrected chi connectivity index (χ1v) is 3.48. The molecule has 0 saturated carbocycles. The fraction of sp³-hybridized carbons (Fsp3) is 0.286. The number of hydrogen-bond acceptors (Lipinski definition) is 3. The quantitative estimate of drug-likeness (QED) is 0.636. The van der Waals surface area contributed by atoms with Gasteiger partial charge in [-0.3, -0.25) is 4.79 Å². The summed E-state index contributed by atoms with van der Waals surface area (Å²) >= 11 is 0. The Morgan fingerprint density at radius 1 is 1.43 bits per heavy atom. The highest BCUT2D eigenvalue weighted by atomic mass is 19.4. The van der Waals surface area contributed by atoms with Crippen LogP contribution in [0.25, 0.3) is 0 Å². The summed E-state index contributed by atoms with van der Waals surface area (Å²) in [5.41, 5.74) is -1.69. The summed E-state index contributed by atoms with van der Waals surface area (Å²) in [4.78, 5) is 12.7. The lowest BCUT2D eigenvalue weighted by molar-refractivity contribution is -0.208. The van der Waals surface area contributed by atoms with Gasteiger partial charge in [0.2, 0.25) is 5.43 Å². The lowest BCUT2D eigenvalue weighted by atomic mass is 10.2. The van der Waals surface area contributed by atoms with E-state index in [1.54, 1.807) is 0 Å². The third-order valence-electron chi connectivity index (χ3n) is 1.52. The molecule has 14 heavy (non-hydrogen) atoms. The third kappa shape index (κ3) is 2.05. The van der Waals surface area contributed by atoms with Crippen LogP contribution in [0.2, 0.25) is 0 Å². The molecule has 0 fully saturated rings. The van der Waals surface area contributed by atoms with Crippen molar-refractivity contribution in [3.8, 4) is 5.75 Å². The van der Waals surface area contributed by atoms with Crippen molar-refractivity contribution < 1.29 is 23.4 Å². The third-order valence-corrected chi connectivity index (χ3v) is 1.52. The number of aromatic amines is 1. The van der Waals surface area contributed by atoms with Gasteiger partial charge in [-0.2, -0.15) is 13.2 Å². The Bertz CT molecular complexity index is 385. The van der Waals surface area contributed by atoms with E-state index in [4.69, 9.17) is 10.2 Å². The maximum Gasteiger partial charge on any atom is 0.420 e. The molecule has 0 saturated heterocycles. The zero-order valence-electron chi connectivity index (χ0n) is 6.67. The van der Waals surface area contributed by atoms with Gasteiger partial charge in [-0.05, 0) is 0 Å². The molecule has 1 heterocycles. The molecule has 0 spiro atoms. The SMILES string of the molecule is O=c1cc(C(O)C(F)(F)F)[nH]cc1O. The van der Waals surface area contributed by atoms with Crippen molar-refractivity contribution in [1.29, 1.82) is 0 Å². The van der Waals surface area contributed by atoms with Crippen LogP contribution in [-0.2, 0) is 0 Å². The lowest BCUT2D eigenvalue weighted by Gasteiger charge is -2.13. The fourth-order valence-electron chi connectivity index (χ4n) is 0.814. The molecule has 1 unspecified atom stereocenters. The summed E-state index contributed by atoms with van der Waals surface area (Å²) in [5.74, 6) is -0.705. The Hall–Kier alpha value is -1.50. The molecule has 3 N–H and O–H groups in total. The van der Waals surface area contributed by atoms with E-state index in [2.05, 4.69) is 0 Å². The van der Waals surface area contributed by atoms with Crippen molar-refractivity contribution in [2.75, 3.05) is 0 Å². The van der Waals surface area contributed by atoms with E-state index in [0.717, 1.165) is 0 Å². The summed E-state index contributed by atoms with van der Waals surface area (Å²) in [7, 11) is 0. The number of rotatable bonds is 1. The lowest BCUT2D eigenvalue weighted by Crippen LogP contribution is -2.22. The Morgan fingerprint density at radius 3 is 2.43 bits per heavy atom. The molecule has 1 aromatic rings. The van der Waals surface area contributed by atoms with Gasteiger partial charge in [-0.1, -0.05) is 0 Å². The van der Waals surface area contributed by atoms with E-state index >= 15 is 0 Å². The summed E-state index contributed by atoms with van der Waals surface area (Å²) in [6.45, 7) is 0. The van der Waals surface area contributed by atoms with Crippen LogP contribution in [0.4, 0.5) is 13.2 Å².